The van der Waals surface area contributed by atoms with E-state index in [4.69, 9.17) is 5.73 Å². The second-order valence-corrected chi connectivity index (χ2v) is 2.90. The van der Waals surface area contributed by atoms with Crippen molar-refractivity contribution in [3.8, 4) is 5.69 Å². The van der Waals surface area contributed by atoms with Gasteiger partial charge in [-0.25, -0.2) is 28.7 Å². The molecule has 2 aromatic rings. The van der Waals surface area contributed by atoms with Crippen LogP contribution in [-0.4, -0.2) is 14.8 Å². The molecule has 1 aromatic heterocycles. The first kappa shape index (κ1) is 9.25. The van der Waals surface area contributed by atoms with Gasteiger partial charge in [0.2, 0.25) is 0 Å². The number of nitrogens with one attached hydrogen (secondary N) is 2. The maximum Gasteiger partial charge on any atom is 0.349 e. The van der Waals surface area contributed by atoms with Crippen LogP contribution in [0.5, 0.6) is 0 Å². The Morgan fingerprint density at radius 3 is 2.40 bits per heavy atom. The summed E-state index contributed by atoms with van der Waals surface area (Å²) in [5.41, 5.74) is 4.29. The van der Waals surface area contributed by atoms with Gasteiger partial charge in [0.15, 0.2) is 0 Å². The molecule has 0 saturated carbocycles. The zero-order valence-electron chi connectivity index (χ0n) is 7.45. The average Bonchev–Trinajstić information content (AvgIpc) is 2.51. The van der Waals surface area contributed by atoms with Gasteiger partial charge >= 0.3 is 11.4 Å². The Bertz CT molecular complexity index is 582. The van der Waals surface area contributed by atoms with Crippen LogP contribution in [0, 0.1) is 5.82 Å². The lowest BCUT2D eigenvalue weighted by Gasteiger charge is -2.03. The van der Waals surface area contributed by atoms with Gasteiger partial charge < -0.3 is 5.73 Å². The van der Waals surface area contributed by atoms with E-state index >= 15 is 0 Å². The fraction of sp³-hybridized carbons (Fsp3) is 0. The Kier molecular flexibility index (Phi) is 1.93. The lowest BCUT2D eigenvalue weighted by Crippen LogP contribution is -2.25. The zero-order chi connectivity index (χ0) is 11.0. The molecule has 15 heavy (non-hydrogen) atoms. The maximum atomic E-state index is 12.9. The van der Waals surface area contributed by atoms with Crippen LogP contribution in [0.15, 0.2) is 27.8 Å². The number of nitrogens with zero attached hydrogens (tertiary/aromatic N) is 1. The Hall–Kier alpha value is -2.31. The number of hydrogen-bond acceptors (Lipinski definition) is 3. The summed E-state index contributed by atoms with van der Waals surface area (Å²) in [6, 6.07) is 3.44. The molecule has 2 rings (SSSR count). The van der Waals surface area contributed by atoms with Gasteiger partial charge in [0.25, 0.3) is 0 Å². The van der Waals surface area contributed by atoms with Gasteiger partial charge in [-0.15, -0.1) is 0 Å². The SMILES string of the molecule is Nc1ccc(F)cc1-n1c(=O)[nH][nH]c1=O. The highest BCUT2D eigenvalue weighted by molar-refractivity contribution is 5.57. The summed E-state index contributed by atoms with van der Waals surface area (Å²) < 4.78 is 13.6. The molecule has 4 N–H and O–H groups in total. The number of aromatic nitrogens is 3. The molecule has 0 unspecified atom stereocenters. The Morgan fingerprint density at radius 2 is 1.80 bits per heavy atom. The van der Waals surface area contributed by atoms with Gasteiger partial charge in [0, 0.05) is 6.07 Å². The van der Waals surface area contributed by atoms with Gasteiger partial charge in [-0.05, 0) is 12.1 Å². The number of H-pyrrole nitrogens is 2. The summed E-state index contributed by atoms with van der Waals surface area (Å²) in [4.78, 5) is 22.4. The van der Waals surface area contributed by atoms with Crippen LogP contribution >= 0.6 is 0 Å². The van der Waals surface area contributed by atoms with Crippen LogP contribution in [0.4, 0.5) is 10.1 Å². The molecular formula is C8H7FN4O2. The highest BCUT2D eigenvalue weighted by Crippen LogP contribution is 2.14. The van der Waals surface area contributed by atoms with Gasteiger partial charge in [0.05, 0.1) is 11.4 Å². The molecule has 6 nitrogen and oxygen atoms in total. The first-order valence-electron chi connectivity index (χ1n) is 4.04. The third-order valence-electron chi connectivity index (χ3n) is 1.92. The second kappa shape index (κ2) is 3.12. The Labute approximate surface area is 82.1 Å². The summed E-state index contributed by atoms with van der Waals surface area (Å²) >= 11 is 0. The smallest absolute Gasteiger partial charge is 0.349 e. The molecule has 1 heterocycles. The third kappa shape index (κ3) is 1.43. The molecule has 0 saturated heterocycles. The zero-order valence-corrected chi connectivity index (χ0v) is 7.45. The van der Waals surface area contributed by atoms with E-state index in [2.05, 4.69) is 10.2 Å². The van der Waals surface area contributed by atoms with Crippen molar-refractivity contribution in [3.63, 3.8) is 0 Å². The molecule has 0 atom stereocenters. The number of rotatable bonds is 1. The fourth-order valence-electron chi connectivity index (χ4n) is 1.24. The number of halogens is 1. The number of aromatic amines is 2. The first-order valence-corrected chi connectivity index (χ1v) is 4.04. The molecule has 0 spiro atoms. The van der Waals surface area contributed by atoms with E-state index in [9.17, 15) is 14.0 Å². The molecular weight excluding hydrogens is 203 g/mol. The van der Waals surface area contributed by atoms with E-state index in [0.717, 1.165) is 16.7 Å². The Morgan fingerprint density at radius 1 is 1.20 bits per heavy atom. The van der Waals surface area contributed by atoms with E-state index in [-0.39, 0.29) is 11.4 Å². The highest BCUT2D eigenvalue weighted by Gasteiger charge is 2.09. The van der Waals surface area contributed by atoms with E-state index in [1.54, 1.807) is 0 Å². The quantitative estimate of drug-likeness (QED) is 0.557. The predicted molar refractivity (Wildman–Crippen MR) is 51.4 cm³/mol. The summed E-state index contributed by atoms with van der Waals surface area (Å²) in [6.07, 6.45) is 0. The van der Waals surface area contributed by atoms with Gasteiger partial charge in [-0.3, -0.25) is 0 Å². The molecule has 0 aliphatic heterocycles. The summed E-state index contributed by atoms with van der Waals surface area (Å²) in [7, 11) is 0. The van der Waals surface area contributed by atoms with E-state index in [1.807, 2.05) is 0 Å². The third-order valence-corrected chi connectivity index (χ3v) is 1.92. The molecule has 0 aliphatic rings. The van der Waals surface area contributed by atoms with E-state index in [0.29, 0.717) is 0 Å². The minimum atomic E-state index is -0.697. The topological polar surface area (TPSA) is 96.7 Å². The van der Waals surface area contributed by atoms with Crippen molar-refractivity contribution >= 4 is 5.69 Å². The van der Waals surface area contributed by atoms with Gasteiger partial charge in [-0.1, -0.05) is 0 Å². The number of nitrogen functional groups attached to an aromatic ring is 1. The van der Waals surface area contributed by atoms with E-state index < -0.39 is 17.2 Å². The minimum Gasteiger partial charge on any atom is -0.397 e. The molecule has 0 fully saturated rings. The van der Waals surface area contributed by atoms with Crippen molar-refractivity contribution in [2.75, 3.05) is 5.73 Å². The molecule has 78 valence electrons. The Balaban J connectivity index is 2.79. The predicted octanol–water partition coefficient (Wildman–Crippen LogP) is -0.425. The molecule has 0 bridgehead atoms. The van der Waals surface area contributed by atoms with Gasteiger partial charge in [0.1, 0.15) is 5.82 Å². The molecule has 0 amide bonds. The molecule has 1 aromatic carbocycles. The van der Waals surface area contributed by atoms with E-state index in [1.165, 1.54) is 6.07 Å². The monoisotopic (exact) mass is 210 g/mol. The average molecular weight is 210 g/mol. The van der Waals surface area contributed by atoms with Crippen molar-refractivity contribution in [1.29, 1.82) is 0 Å². The molecule has 0 aliphatic carbocycles. The van der Waals surface area contributed by atoms with Crippen LogP contribution in [0.25, 0.3) is 5.69 Å². The fourth-order valence-corrected chi connectivity index (χ4v) is 1.24. The summed E-state index contributed by atoms with van der Waals surface area (Å²) in [5, 5.41) is 4.15. The van der Waals surface area contributed by atoms with Crippen LogP contribution < -0.4 is 17.1 Å². The highest BCUT2D eigenvalue weighted by atomic mass is 19.1. The van der Waals surface area contributed by atoms with Crippen molar-refractivity contribution in [1.82, 2.24) is 14.8 Å². The maximum absolute atomic E-state index is 12.9. The lowest BCUT2D eigenvalue weighted by molar-refractivity contribution is 0.626. The van der Waals surface area contributed by atoms with Gasteiger partial charge in [-0.2, -0.15) is 0 Å². The summed E-state index contributed by atoms with van der Waals surface area (Å²) in [6.45, 7) is 0. The van der Waals surface area contributed by atoms with Crippen molar-refractivity contribution in [2.45, 2.75) is 0 Å². The number of anilines is 1. The molecule has 7 heteroatoms. The normalized spacial score (nSPS) is 10.5. The standard InChI is InChI=1S/C8H7FN4O2/c9-4-1-2-5(10)6(3-4)13-7(14)11-12-8(13)15/h1-3H,10H2,(H,11,14)(H,12,15). The first-order chi connectivity index (χ1) is 7.09. The summed E-state index contributed by atoms with van der Waals surface area (Å²) in [5.74, 6) is -0.577. The van der Waals surface area contributed by atoms with Crippen LogP contribution in [-0.2, 0) is 0 Å². The second-order valence-electron chi connectivity index (χ2n) is 2.90. The van der Waals surface area contributed by atoms with Crippen LogP contribution in [0.3, 0.4) is 0 Å². The largest absolute Gasteiger partial charge is 0.397 e. The van der Waals surface area contributed by atoms with Crippen LogP contribution in [0.2, 0.25) is 0 Å². The minimum absolute atomic E-state index is 0.0162. The van der Waals surface area contributed by atoms with Crippen molar-refractivity contribution in [2.24, 2.45) is 0 Å². The number of nitrogens with two attached hydrogens (primary N) is 1. The number of benzene rings is 1. The van der Waals surface area contributed by atoms with Crippen molar-refractivity contribution in [3.05, 3.63) is 45.0 Å². The number of hydrogen-bond donors (Lipinski definition) is 3. The molecule has 0 radical (unpaired) electrons. The lowest BCUT2D eigenvalue weighted by atomic mass is 10.2. The van der Waals surface area contributed by atoms with Crippen molar-refractivity contribution < 1.29 is 4.39 Å². The van der Waals surface area contributed by atoms with Crippen LogP contribution in [0.1, 0.15) is 0 Å².